The van der Waals surface area contributed by atoms with Gasteiger partial charge in [0.05, 0.1) is 11.6 Å². The molecule has 1 aliphatic rings. The van der Waals surface area contributed by atoms with Gasteiger partial charge in [-0.3, -0.25) is 9.59 Å². The Morgan fingerprint density at radius 1 is 1.23 bits per heavy atom. The van der Waals surface area contributed by atoms with Crippen molar-refractivity contribution in [3.8, 4) is 5.69 Å². The van der Waals surface area contributed by atoms with Crippen LogP contribution in [0.1, 0.15) is 29.6 Å². The Kier molecular flexibility index (Phi) is 3.91. The Hall–Kier alpha value is -2.63. The average Bonchev–Trinajstić information content (AvgIpc) is 3.19. The topological polar surface area (TPSA) is 84.2 Å². The molecule has 1 fully saturated rings. The SMILES string of the molecule is O=C(N[C@H]1CC[C@@H](C(=O)O)C1)c1ccc(-n2cccn2)cc1. The van der Waals surface area contributed by atoms with Crippen molar-refractivity contribution in [2.45, 2.75) is 25.3 Å². The highest BCUT2D eigenvalue weighted by Crippen LogP contribution is 2.25. The van der Waals surface area contributed by atoms with Gasteiger partial charge in [-0.2, -0.15) is 5.10 Å². The van der Waals surface area contributed by atoms with Crippen molar-refractivity contribution in [1.82, 2.24) is 15.1 Å². The van der Waals surface area contributed by atoms with Gasteiger partial charge in [0.2, 0.25) is 0 Å². The predicted molar refractivity (Wildman–Crippen MR) is 79.8 cm³/mol. The quantitative estimate of drug-likeness (QED) is 0.902. The third-order valence-corrected chi connectivity index (χ3v) is 4.02. The van der Waals surface area contributed by atoms with E-state index in [4.69, 9.17) is 5.11 Å². The lowest BCUT2D eigenvalue weighted by Crippen LogP contribution is -2.33. The number of carboxylic acids is 1. The molecule has 1 amide bonds. The van der Waals surface area contributed by atoms with Crippen molar-refractivity contribution >= 4 is 11.9 Å². The van der Waals surface area contributed by atoms with Gasteiger partial charge in [0.15, 0.2) is 0 Å². The lowest BCUT2D eigenvalue weighted by atomic mass is 10.1. The highest BCUT2D eigenvalue weighted by Gasteiger charge is 2.30. The van der Waals surface area contributed by atoms with Gasteiger partial charge in [0.1, 0.15) is 0 Å². The molecule has 0 unspecified atom stereocenters. The molecule has 114 valence electrons. The summed E-state index contributed by atoms with van der Waals surface area (Å²) in [6, 6.07) is 8.93. The summed E-state index contributed by atoms with van der Waals surface area (Å²) in [5.74, 6) is -1.28. The van der Waals surface area contributed by atoms with E-state index in [9.17, 15) is 9.59 Å². The number of carbonyl (C=O) groups is 2. The maximum absolute atomic E-state index is 12.2. The second kappa shape index (κ2) is 6.01. The number of carbonyl (C=O) groups excluding carboxylic acids is 1. The number of hydrogen-bond donors (Lipinski definition) is 2. The van der Waals surface area contributed by atoms with Crippen LogP contribution in [0.2, 0.25) is 0 Å². The fraction of sp³-hybridized carbons (Fsp3) is 0.312. The van der Waals surface area contributed by atoms with E-state index in [0.29, 0.717) is 24.8 Å². The first-order chi connectivity index (χ1) is 10.6. The number of amides is 1. The lowest BCUT2D eigenvalue weighted by Gasteiger charge is -2.12. The van der Waals surface area contributed by atoms with Crippen LogP contribution >= 0.6 is 0 Å². The van der Waals surface area contributed by atoms with Crippen LogP contribution in [0.25, 0.3) is 5.69 Å². The molecule has 2 atom stereocenters. The Bertz CT molecular complexity index is 664. The molecule has 3 rings (SSSR count). The molecule has 0 aliphatic heterocycles. The Morgan fingerprint density at radius 3 is 2.59 bits per heavy atom. The first-order valence-electron chi connectivity index (χ1n) is 7.27. The Morgan fingerprint density at radius 2 is 2.00 bits per heavy atom. The molecule has 1 saturated carbocycles. The summed E-state index contributed by atoms with van der Waals surface area (Å²) >= 11 is 0. The Labute approximate surface area is 127 Å². The van der Waals surface area contributed by atoms with E-state index in [1.807, 2.05) is 24.4 Å². The third kappa shape index (κ3) is 3.00. The fourth-order valence-corrected chi connectivity index (χ4v) is 2.79. The van der Waals surface area contributed by atoms with Gasteiger partial charge < -0.3 is 10.4 Å². The molecular weight excluding hydrogens is 282 g/mol. The van der Waals surface area contributed by atoms with E-state index < -0.39 is 5.97 Å². The van der Waals surface area contributed by atoms with Gasteiger partial charge >= 0.3 is 5.97 Å². The van der Waals surface area contributed by atoms with E-state index in [1.54, 1.807) is 23.0 Å². The van der Waals surface area contributed by atoms with Crippen LogP contribution in [0.4, 0.5) is 0 Å². The van der Waals surface area contributed by atoms with Crippen molar-refractivity contribution in [2.75, 3.05) is 0 Å². The van der Waals surface area contributed by atoms with E-state index in [-0.39, 0.29) is 17.9 Å². The second-order valence-corrected chi connectivity index (χ2v) is 5.52. The smallest absolute Gasteiger partial charge is 0.306 e. The summed E-state index contributed by atoms with van der Waals surface area (Å²) in [5, 5.41) is 16.0. The molecule has 1 aromatic carbocycles. The minimum absolute atomic E-state index is 0.0561. The molecule has 22 heavy (non-hydrogen) atoms. The molecule has 0 spiro atoms. The molecule has 0 saturated heterocycles. The number of nitrogens with one attached hydrogen (secondary N) is 1. The van der Waals surface area contributed by atoms with Crippen molar-refractivity contribution < 1.29 is 14.7 Å². The fourth-order valence-electron chi connectivity index (χ4n) is 2.79. The molecule has 2 N–H and O–H groups in total. The summed E-state index contributed by atoms with van der Waals surface area (Å²) < 4.78 is 1.72. The van der Waals surface area contributed by atoms with Crippen molar-refractivity contribution in [3.63, 3.8) is 0 Å². The summed E-state index contributed by atoms with van der Waals surface area (Å²) in [7, 11) is 0. The first-order valence-corrected chi connectivity index (χ1v) is 7.27. The number of rotatable bonds is 4. The standard InChI is InChI=1S/C16H17N3O3/c20-15(18-13-5-2-12(10-13)16(21)22)11-3-6-14(7-4-11)19-9-1-8-17-19/h1,3-4,6-9,12-13H,2,5,10H2,(H,18,20)(H,21,22)/t12-,13+/m1/s1. The zero-order chi connectivity index (χ0) is 15.5. The van der Waals surface area contributed by atoms with E-state index in [2.05, 4.69) is 10.4 Å². The van der Waals surface area contributed by atoms with Crippen LogP contribution < -0.4 is 5.32 Å². The molecule has 6 heteroatoms. The van der Waals surface area contributed by atoms with Gasteiger partial charge in [-0.15, -0.1) is 0 Å². The zero-order valence-corrected chi connectivity index (χ0v) is 12.0. The van der Waals surface area contributed by atoms with Crippen LogP contribution in [0, 0.1) is 5.92 Å². The normalized spacial score (nSPS) is 20.7. The van der Waals surface area contributed by atoms with E-state index in [1.165, 1.54) is 0 Å². The molecule has 1 aromatic heterocycles. The van der Waals surface area contributed by atoms with Crippen LogP contribution in [0.3, 0.4) is 0 Å². The maximum Gasteiger partial charge on any atom is 0.306 e. The van der Waals surface area contributed by atoms with Crippen LogP contribution in [-0.2, 0) is 4.79 Å². The molecule has 0 bridgehead atoms. The number of aromatic nitrogens is 2. The van der Waals surface area contributed by atoms with E-state index >= 15 is 0 Å². The van der Waals surface area contributed by atoms with Gasteiger partial charge in [0.25, 0.3) is 5.91 Å². The summed E-state index contributed by atoms with van der Waals surface area (Å²) in [6.45, 7) is 0. The highest BCUT2D eigenvalue weighted by molar-refractivity contribution is 5.94. The highest BCUT2D eigenvalue weighted by atomic mass is 16.4. The number of benzene rings is 1. The summed E-state index contributed by atoms with van der Waals surface area (Å²) in [6.07, 6.45) is 5.37. The monoisotopic (exact) mass is 299 g/mol. The van der Waals surface area contributed by atoms with Crippen molar-refractivity contribution in [3.05, 3.63) is 48.3 Å². The molecule has 0 radical (unpaired) electrons. The van der Waals surface area contributed by atoms with Crippen molar-refractivity contribution in [1.29, 1.82) is 0 Å². The zero-order valence-electron chi connectivity index (χ0n) is 12.0. The number of aliphatic carboxylic acids is 1. The predicted octanol–water partition coefficient (Wildman–Crippen LogP) is 1.86. The molecule has 6 nitrogen and oxygen atoms in total. The molecular formula is C16H17N3O3. The van der Waals surface area contributed by atoms with Gasteiger partial charge in [-0.25, -0.2) is 4.68 Å². The Balaban J connectivity index is 1.62. The minimum atomic E-state index is -0.777. The molecule has 2 aromatic rings. The lowest BCUT2D eigenvalue weighted by molar-refractivity contribution is -0.141. The average molecular weight is 299 g/mol. The maximum atomic E-state index is 12.2. The van der Waals surface area contributed by atoms with Gasteiger partial charge in [0, 0.05) is 24.0 Å². The van der Waals surface area contributed by atoms with Gasteiger partial charge in [-0.1, -0.05) is 0 Å². The van der Waals surface area contributed by atoms with Crippen LogP contribution in [-0.4, -0.2) is 32.8 Å². The first kappa shape index (κ1) is 14.3. The number of hydrogen-bond acceptors (Lipinski definition) is 3. The minimum Gasteiger partial charge on any atom is -0.481 e. The third-order valence-electron chi connectivity index (χ3n) is 4.02. The molecule has 1 aliphatic carbocycles. The largest absolute Gasteiger partial charge is 0.481 e. The summed E-state index contributed by atoms with van der Waals surface area (Å²) in [4.78, 5) is 23.1. The van der Waals surface area contributed by atoms with Crippen molar-refractivity contribution in [2.24, 2.45) is 5.92 Å². The molecule has 1 heterocycles. The number of carboxylic acid groups (broad SMARTS) is 1. The van der Waals surface area contributed by atoms with E-state index in [0.717, 1.165) is 5.69 Å². The van der Waals surface area contributed by atoms with Crippen LogP contribution in [0.5, 0.6) is 0 Å². The summed E-state index contributed by atoms with van der Waals surface area (Å²) in [5.41, 5.74) is 1.45. The van der Waals surface area contributed by atoms with Crippen LogP contribution in [0.15, 0.2) is 42.7 Å². The van der Waals surface area contributed by atoms with Gasteiger partial charge in [-0.05, 0) is 49.6 Å². The second-order valence-electron chi connectivity index (χ2n) is 5.52. The number of nitrogens with zero attached hydrogens (tertiary/aromatic N) is 2.